The number of rotatable bonds is 5. The van der Waals surface area contributed by atoms with Gasteiger partial charge in [-0.3, -0.25) is 0 Å². The summed E-state index contributed by atoms with van der Waals surface area (Å²) in [6.45, 7) is 2.17. The number of fused-ring (bicyclic) bond motifs is 6. The molecule has 0 aliphatic heterocycles. The molecule has 10 rings (SSSR count). The Morgan fingerprint density at radius 2 is 0.863 bits per heavy atom. The van der Waals surface area contributed by atoms with E-state index in [9.17, 15) is 0 Å². The topological polar surface area (TPSA) is 9.86 Å². The van der Waals surface area contributed by atoms with Gasteiger partial charge in [-0.2, -0.15) is 0 Å². The van der Waals surface area contributed by atoms with E-state index in [1.807, 2.05) is 12.1 Å². The Bertz CT molecular complexity index is 2950. The van der Waals surface area contributed by atoms with Gasteiger partial charge in [-0.05, 0) is 94.9 Å². The molecule has 0 amide bonds. The van der Waals surface area contributed by atoms with Gasteiger partial charge in [0, 0.05) is 32.9 Å². The molecule has 2 aromatic heterocycles. The molecule has 0 atom stereocenters. The van der Waals surface area contributed by atoms with Crippen LogP contribution in [0.4, 0.5) is 0 Å². The number of aryl methyl sites for hydroxylation is 1. The fraction of sp³-hybridized carbons (Fsp3) is 0.0204. The van der Waals surface area contributed by atoms with Gasteiger partial charge in [0.1, 0.15) is 0 Å². The molecule has 2 heteroatoms. The second kappa shape index (κ2) is 11.8. The van der Waals surface area contributed by atoms with Crippen molar-refractivity contribution in [2.75, 3.05) is 0 Å². The maximum Gasteiger partial charge on any atom is 0.0623 e. The quantitative estimate of drug-likeness (QED) is 0.175. The lowest BCUT2D eigenvalue weighted by Gasteiger charge is -2.12. The molecule has 240 valence electrons. The van der Waals surface area contributed by atoms with Gasteiger partial charge in [0.2, 0.25) is 0 Å². The third kappa shape index (κ3) is 4.87. The van der Waals surface area contributed by atoms with Crippen LogP contribution in [0.2, 0.25) is 0 Å². The second-order valence-electron chi connectivity index (χ2n) is 13.4. The Morgan fingerprint density at radius 3 is 1.57 bits per heavy atom. The van der Waals surface area contributed by atoms with Gasteiger partial charge in [-0.25, -0.2) is 0 Å². The molecule has 0 N–H and O–H groups in total. The van der Waals surface area contributed by atoms with Crippen molar-refractivity contribution in [2.24, 2.45) is 0 Å². The third-order valence-corrected chi connectivity index (χ3v) is 10.3. The van der Waals surface area contributed by atoms with E-state index < -0.39 is 0 Å². The third-order valence-electron chi connectivity index (χ3n) is 10.3. The fourth-order valence-electron chi connectivity index (χ4n) is 7.85. The van der Waals surface area contributed by atoms with Crippen LogP contribution in [0.15, 0.2) is 188 Å². The average molecular weight is 652 g/mol. The summed E-state index contributed by atoms with van der Waals surface area (Å²) in [5.74, 6) is 0. The van der Waals surface area contributed by atoms with Crippen LogP contribution in [0.25, 0.3) is 88.4 Å². The largest absolute Gasteiger partial charge is 0.309 e. The Kier molecular flexibility index (Phi) is 6.50. The van der Waals surface area contributed by atoms with Crippen molar-refractivity contribution in [1.29, 1.82) is 0 Å². The van der Waals surface area contributed by atoms with E-state index in [0.717, 1.165) is 44.3 Å². The zero-order valence-corrected chi connectivity index (χ0v) is 28.2. The lowest BCUT2D eigenvalue weighted by atomic mass is 10.0. The van der Waals surface area contributed by atoms with Crippen molar-refractivity contribution < 1.29 is 1.37 Å². The summed E-state index contributed by atoms with van der Waals surface area (Å²) >= 11 is 0. The predicted molar refractivity (Wildman–Crippen MR) is 216 cm³/mol. The maximum absolute atomic E-state index is 8.46. The Labute approximate surface area is 298 Å². The number of para-hydroxylation sites is 1. The van der Waals surface area contributed by atoms with Gasteiger partial charge in [-0.1, -0.05) is 139 Å². The van der Waals surface area contributed by atoms with Crippen molar-refractivity contribution in [3.05, 3.63) is 194 Å². The van der Waals surface area contributed by atoms with E-state index in [1.165, 1.54) is 49.6 Å². The summed E-state index contributed by atoms with van der Waals surface area (Å²) < 4.78 is 13.2. The molecule has 51 heavy (non-hydrogen) atoms. The van der Waals surface area contributed by atoms with E-state index >= 15 is 0 Å². The van der Waals surface area contributed by atoms with Crippen molar-refractivity contribution >= 4 is 43.6 Å². The molecule has 0 unspecified atom stereocenters. The minimum atomic E-state index is 0.513. The second-order valence-corrected chi connectivity index (χ2v) is 13.4. The van der Waals surface area contributed by atoms with Crippen LogP contribution in [-0.2, 0) is 0 Å². The van der Waals surface area contributed by atoms with Gasteiger partial charge in [-0.15, -0.1) is 0 Å². The van der Waals surface area contributed by atoms with E-state index in [1.54, 1.807) is 0 Å². The fourth-order valence-corrected chi connectivity index (χ4v) is 7.85. The normalized spacial score (nSPS) is 11.9. The van der Waals surface area contributed by atoms with Gasteiger partial charge in [0.05, 0.1) is 23.4 Å². The first-order valence-electron chi connectivity index (χ1n) is 18.0. The standard InChI is InChI=1S/C49H34N2/c1-33-19-28-47-45(29-33)44-27-23-39(32-49(44)50(47)40-24-20-36(21-25-40)34-11-4-2-5-12-34)38-22-26-43-42-17-8-9-18-46(42)51(48(43)31-38)41-16-10-15-37(30-41)35-13-6-3-7-14-35/h2-32H,1H3/i8D. The predicted octanol–water partition coefficient (Wildman–Crippen LogP) is 13.2. The Morgan fingerprint density at radius 1 is 0.333 bits per heavy atom. The molecule has 8 aromatic carbocycles. The van der Waals surface area contributed by atoms with Gasteiger partial charge < -0.3 is 9.13 Å². The van der Waals surface area contributed by atoms with Crippen molar-refractivity contribution in [2.45, 2.75) is 6.92 Å². The molecule has 0 saturated carbocycles. The highest BCUT2D eigenvalue weighted by Gasteiger charge is 2.17. The van der Waals surface area contributed by atoms with Crippen LogP contribution in [0.1, 0.15) is 6.93 Å². The first-order chi connectivity index (χ1) is 25.6. The Hall–Kier alpha value is -6.64. The highest BCUT2D eigenvalue weighted by atomic mass is 15.0. The lowest BCUT2D eigenvalue weighted by molar-refractivity contribution is 1.18. The summed E-state index contributed by atoms with van der Waals surface area (Å²) in [5.41, 5.74) is 15.2. The molecular weight excluding hydrogens is 617 g/mol. The number of hydrogen-bond donors (Lipinski definition) is 0. The van der Waals surface area contributed by atoms with E-state index in [4.69, 9.17) is 1.37 Å². The zero-order chi connectivity index (χ0) is 34.8. The smallest absolute Gasteiger partial charge is 0.0623 e. The molecule has 0 aliphatic rings. The molecule has 0 spiro atoms. The monoisotopic (exact) mass is 651 g/mol. The minimum absolute atomic E-state index is 0.513. The number of aromatic nitrogens is 2. The van der Waals surface area contributed by atoms with Crippen molar-refractivity contribution in [1.82, 2.24) is 9.13 Å². The molecule has 0 radical (unpaired) electrons. The average Bonchev–Trinajstić information content (AvgIpc) is 3.69. The lowest BCUT2D eigenvalue weighted by Crippen LogP contribution is -1.95. The van der Waals surface area contributed by atoms with Crippen LogP contribution in [0, 0.1) is 6.92 Å². The van der Waals surface area contributed by atoms with Crippen LogP contribution >= 0.6 is 0 Å². The number of benzene rings is 8. The number of hydrogen-bond acceptors (Lipinski definition) is 0. The van der Waals surface area contributed by atoms with Crippen molar-refractivity contribution in [3.63, 3.8) is 0 Å². The highest BCUT2D eigenvalue weighted by Crippen LogP contribution is 2.39. The molecule has 10 aromatic rings. The molecule has 2 nitrogen and oxygen atoms in total. The molecule has 0 aliphatic carbocycles. The van der Waals surface area contributed by atoms with Crippen LogP contribution in [0.3, 0.4) is 0 Å². The molecule has 0 bridgehead atoms. The van der Waals surface area contributed by atoms with E-state index in [0.29, 0.717) is 6.04 Å². The zero-order valence-electron chi connectivity index (χ0n) is 29.2. The molecule has 2 heterocycles. The summed E-state index contributed by atoms with van der Waals surface area (Å²) in [6, 6.07) is 65.7. The van der Waals surface area contributed by atoms with Crippen LogP contribution in [0.5, 0.6) is 0 Å². The van der Waals surface area contributed by atoms with Crippen LogP contribution in [-0.4, -0.2) is 9.13 Å². The Balaban J connectivity index is 1.16. The van der Waals surface area contributed by atoms with Gasteiger partial charge in [0.25, 0.3) is 0 Å². The summed E-state index contributed by atoms with van der Waals surface area (Å²) in [7, 11) is 0. The summed E-state index contributed by atoms with van der Waals surface area (Å²) in [5, 5.41) is 4.73. The van der Waals surface area contributed by atoms with Crippen LogP contribution < -0.4 is 0 Å². The first kappa shape index (κ1) is 28.2. The SMILES string of the molecule is [2H]c1ccc2c(c1)c1ccc(-c3ccc4c5cc(C)ccc5n(-c5ccc(-c6ccccc6)cc5)c4c3)cc1n2-c1cccc(-c2ccccc2)c1. The van der Waals surface area contributed by atoms with E-state index in [2.05, 4.69) is 186 Å². The molecule has 0 fully saturated rings. The van der Waals surface area contributed by atoms with Crippen molar-refractivity contribution in [3.8, 4) is 44.8 Å². The summed E-state index contributed by atoms with van der Waals surface area (Å²) in [6.07, 6.45) is 0. The molecular formula is C49H34N2. The minimum Gasteiger partial charge on any atom is -0.309 e. The van der Waals surface area contributed by atoms with Gasteiger partial charge >= 0.3 is 0 Å². The maximum atomic E-state index is 8.46. The van der Waals surface area contributed by atoms with E-state index in [-0.39, 0.29) is 0 Å². The first-order valence-corrected chi connectivity index (χ1v) is 17.5. The number of nitrogens with zero attached hydrogens (tertiary/aromatic N) is 2. The highest BCUT2D eigenvalue weighted by molar-refractivity contribution is 6.12. The van der Waals surface area contributed by atoms with Gasteiger partial charge in [0.15, 0.2) is 0 Å². The molecule has 0 saturated heterocycles. The summed E-state index contributed by atoms with van der Waals surface area (Å²) in [4.78, 5) is 0.